The van der Waals surface area contributed by atoms with Gasteiger partial charge in [0.15, 0.2) is 11.7 Å². The van der Waals surface area contributed by atoms with Crippen molar-refractivity contribution in [2.45, 2.75) is 33.6 Å². The predicted octanol–water partition coefficient (Wildman–Crippen LogP) is 3.32. The monoisotopic (exact) mass is 356 g/mol. The fraction of sp³-hybridized carbons (Fsp3) is 0.381. The number of carbonyl (C=O) groups excluding carboxylic acids is 3. The lowest BCUT2D eigenvalue weighted by atomic mass is 9.81. The van der Waals surface area contributed by atoms with Crippen molar-refractivity contribution in [1.82, 2.24) is 0 Å². The molecule has 5 nitrogen and oxygen atoms in total. The number of aldehydes is 1. The van der Waals surface area contributed by atoms with Crippen molar-refractivity contribution in [3.8, 4) is 11.8 Å². The minimum absolute atomic E-state index is 0.0673. The summed E-state index contributed by atoms with van der Waals surface area (Å²) in [6.45, 7) is 5.45. The second-order valence-electron chi connectivity index (χ2n) is 5.48. The molecule has 0 aromatic heterocycles. The fourth-order valence-electron chi connectivity index (χ4n) is 2.33. The molecule has 0 fully saturated rings. The molecule has 0 bridgehead atoms. The third kappa shape index (κ3) is 5.32. The number of benzene rings is 1. The quantitative estimate of drug-likeness (QED) is 0.235. The molecule has 1 rings (SSSR count). The summed E-state index contributed by atoms with van der Waals surface area (Å²) in [5, 5.41) is 0. The van der Waals surface area contributed by atoms with Crippen molar-refractivity contribution in [1.29, 1.82) is 0 Å². The summed E-state index contributed by atoms with van der Waals surface area (Å²) < 4.78 is 10.2. The van der Waals surface area contributed by atoms with Crippen LogP contribution in [-0.4, -0.2) is 31.4 Å². The van der Waals surface area contributed by atoms with E-state index < -0.39 is 17.4 Å². The first-order valence-corrected chi connectivity index (χ1v) is 8.54. The first-order chi connectivity index (χ1) is 12.6. The zero-order chi connectivity index (χ0) is 19.4. The Kier molecular flexibility index (Phi) is 8.86. The Morgan fingerprint density at radius 1 is 1.12 bits per heavy atom. The van der Waals surface area contributed by atoms with Gasteiger partial charge in [-0.05, 0) is 33.3 Å². The van der Waals surface area contributed by atoms with E-state index in [0.717, 1.165) is 0 Å². The van der Waals surface area contributed by atoms with Gasteiger partial charge in [-0.2, -0.15) is 0 Å². The number of ether oxygens (including phenoxy) is 2. The van der Waals surface area contributed by atoms with E-state index in [1.807, 2.05) is 0 Å². The van der Waals surface area contributed by atoms with Crippen LogP contribution in [0.2, 0.25) is 0 Å². The molecule has 0 aliphatic heterocycles. The third-order valence-corrected chi connectivity index (χ3v) is 3.74. The number of esters is 2. The minimum atomic E-state index is -1.53. The van der Waals surface area contributed by atoms with Crippen molar-refractivity contribution in [3.05, 3.63) is 47.5 Å². The highest BCUT2D eigenvalue weighted by Gasteiger charge is 2.47. The molecule has 0 aliphatic rings. The summed E-state index contributed by atoms with van der Waals surface area (Å²) in [6.07, 6.45) is 4.25. The molecule has 0 N–H and O–H groups in total. The predicted molar refractivity (Wildman–Crippen MR) is 98.5 cm³/mol. The highest BCUT2D eigenvalue weighted by Crippen LogP contribution is 2.31. The van der Waals surface area contributed by atoms with Crippen molar-refractivity contribution in [2.24, 2.45) is 5.41 Å². The topological polar surface area (TPSA) is 69.7 Å². The Morgan fingerprint density at radius 3 is 2.27 bits per heavy atom. The maximum absolute atomic E-state index is 12.6. The summed E-state index contributed by atoms with van der Waals surface area (Å²) in [4.78, 5) is 36.2. The number of hydrogen-bond acceptors (Lipinski definition) is 5. The van der Waals surface area contributed by atoms with Gasteiger partial charge in [0.25, 0.3) is 0 Å². The van der Waals surface area contributed by atoms with Crippen molar-refractivity contribution >= 4 is 18.2 Å². The van der Waals surface area contributed by atoms with E-state index in [2.05, 4.69) is 11.8 Å². The summed E-state index contributed by atoms with van der Waals surface area (Å²) in [5.41, 5.74) is -0.539. The van der Waals surface area contributed by atoms with Crippen molar-refractivity contribution in [2.75, 3.05) is 13.2 Å². The van der Waals surface area contributed by atoms with Gasteiger partial charge in [-0.15, -0.1) is 0 Å². The van der Waals surface area contributed by atoms with Gasteiger partial charge in [0.2, 0.25) is 0 Å². The second-order valence-corrected chi connectivity index (χ2v) is 5.48. The van der Waals surface area contributed by atoms with Crippen LogP contribution in [0.3, 0.4) is 0 Å². The van der Waals surface area contributed by atoms with Crippen LogP contribution in [0.15, 0.2) is 36.4 Å². The zero-order valence-electron chi connectivity index (χ0n) is 15.4. The van der Waals surface area contributed by atoms with Gasteiger partial charge in [-0.3, -0.25) is 14.4 Å². The second kappa shape index (κ2) is 10.9. The molecule has 26 heavy (non-hydrogen) atoms. The number of hydrogen-bond donors (Lipinski definition) is 0. The molecule has 0 heterocycles. The van der Waals surface area contributed by atoms with E-state index in [1.54, 1.807) is 57.2 Å². The van der Waals surface area contributed by atoms with Crippen LogP contribution in [0.1, 0.15) is 49.5 Å². The summed E-state index contributed by atoms with van der Waals surface area (Å²) in [6, 6.07) is 6.86. The van der Waals surface area contributed by atoms with Gasteiger partial charge in [-0.1, -0.05) is 42.2 Å². The Hall–Kier alpha value is -2.87. The Labute approximate surface area is 154 Å². The summed E-state index contributed by atoms with van der Waals surface area (Å²) in [5.74, 6) is 4.41. The normalized spacial score (nSPS) is 10.7. The minimum Gasteiger partial charge on any atom is -0.465 e. The molecule has 0 unspecified atom stereocenters. The molecule has 0 saturated heterocycles. The van der Waals surface area contributed by atoms with Gasteiger partial charge >= 0.3 is 11.9 Å². The first-order valence-electron chi connectivity index (χ1n) is 8.54. The van der Waals surface area contributed by atoms with E-state index in [9.17, 15) is 14.4 Å². The van der Waals surface area contributed by atoms with Crippen LogP contribution in [0.25, 0.3) is 0 Å². The molecule has 0 amide bonds. The van der Waals surface area contributed by atoms with Crippen LogP contribution in [0.5, 0.6) is 0 Å². The smallest absolute Gasteiger partial charge is 0.324 e. The average Bonchev–Trinajstić information content (AvgIpc) is 2.65. The molecule has 0 spiro atoms. The Bertz CT molecular complexity index is 703. The summed E-state index contributed by atoms with van der Waals surface area (Å²) >= 11 is 0. The maximum Gasteiger partial charge on any atom is 0.324 e. The number of allylic oxidation sites excluding steroid dienone is 2. The van der Waals surface area contributed by atoms with E-state index >= 15 is 0 Å². The van der Waals surface area contributed by atoms with Crippen LogP contribution < -0.4 is 0 Å². The fourth-order valence-corrected chi connectivity index (χ4v) is 2.33. The van der Waals surface area contributed by atoms with Gasteiger partial charge in [0.1, 0.15) is 0 Å². The van der Waals surface area contributed by atoms with E-state index in [-0.39, 0.29) is 26.1 Å². The van der Waals surface area contributed by atoms with Crippen LogP contribution in [0.4, 0.5) is 0 Å². The maximum atomic E-state index is 12.6. The molecule has 0 aliphatic carbocycles. The molecule has 1 aromatic rings. The van der Waals surface area contributed by atoms with Gasteiger partial charge in [-0.25, -0.2) is 0 Å². The van der Waals surface area contributed by atoms with Gasteiger partial charge < -0.3 is 9.47 Å². The number of carbonyl (C=O) groups is 3. The largest absolute Gasteiger partial charge is 0.465 e. The van der Waals surface area contributed by atoms with Crippen LogP contribution >= 0.6 is 0 Å². The van der Waals surface area contributed by atoms with Crippen molar-refractivity contribution < 1.29 is 23.9 Å². The van der Waals surface area contributed by atoms with E-state index in [0.29, 0.717) is 17.4 Å². The van der Waals surface area contributed by atoms with Crippen molar-refractivity contribution in [3.63, 3.8) is 0 Å². The molecule has 0 atom stereocenters. The Morgan fingerprint density at radius 2 is 1.73 bits per heavy atom. The molecule has 0 radical (unpaired) electrons. The first kappa shape index (κ1) is 21.2. The average molecular weight is 356 g/mol. The van der Waals surface area contributed by atoms with Crippen LogP contribution in [-0.2, 0) is 19.1 Å². The SMILES string of the molecule is C/C=C/CC(CC#Cc1ccccc1C=O)(C(=O)OCC)C(=O)OCC. The molecule has 0 saturated carbocycles. The molecule has 138 valence electrons. The van der Waals surface area contributed by atoms with E-state index in [4.69, 9.17) is 9.47 Å². The number of rotatable bonds is 8. The lowest BCUT2D eigenvalue weighted by molar-refractivity contribution is -0.171. The standard InChI is InChI=1S/C21H24O5/c1-4-7-14-21(19(23)25-5-2,20(24)26-6-3)15-10-13-17-11-8-9-12-18(17)16-22/h4,7-9,11-12,16H,5-6,14-15H2,1-3H3/b7-4+. The lowest BCUT2D eigenvalue weighted by Gasteiger charge is -2.26. The van der Waals surface area contributed by atoms with Crippen LogP contribution in [0, 0.1) is 17.3 Å². The summed E-state index contributed by atoms with van der Waals surface area (Å²) in [7, 11) is 0. The molecular formula is C21H24O5. The zero-order valence-corrected chi connectivity index (χ0v) is 15.4. The lowest BCUT2D eigenvalue weighted by Crippen LogP contribution is -2.41. The highest BCUT2D eigenvalue weighted by molar-refractivity contribution is 6.00. The highest BCUT2D eigenvalue weighted by atomic mass is 16.6. The Balaban J connectivity index is 3.26. The third-order valence-electron chi connectivity index (χ3n) is 3.74. The molecular weight excluding hydrogens is 332 g/mol. The molecule has 1 aromatic carbocycles. The van der Waals surface area contributed by atoms with E-state index in [1.165, 1.54) is 0 Å². The molecule has 5 heteroatoms. The van der Waals surface area contributed by atoms with Gasteiger partial charge in [0, 0.05) is 17.5 Å². The van der Waals surface area contributed by atoms with Gasteiger partial charge in [0.05, 0.1) is 13.2 Å².